The van der Waals surface area contributed by atoms with Crippen LogP contribution in [0.2, 0.25) is 5.02 Å². The van der Waals surface area contributed by atoms with Crippen molar-refractivity contribution in [3.8, 4) is 28.2 Å². The molecule has 0 aliphatic heterocycles. The monoisotopic (exact) mass is 438 g/mol. The predicted molar refractivity (Wildman–Crippen MR) is 120 cm³/mol. The largest absolute Gasteiger partial charge is 0.388 e. The Bertz CT molecular complexity index is 1300. The van der Waals surface area contributed by atoms with E-state index in [2.05, 4.69) is 5.32 Å². The maximum Gasteiger partial charge on any atom is 0.238 e. The SMILES string of the molecule is CNc1cccc(-c2cc(-c3ccc(Cl)cc3)n(-c3ccc(S(N)(=O)=O)cc3)n2)c1. The van der Waals surface area contributed by atoms with Crippen LogP contribution in [0.5, 0.6) is 0 Å². The van der Waals surface area contributed by atoms with Crippen molar-refractivity contribution in [3.05, 3.63) is 83.9 Å². The molecule has 0 saturated carbocycles. The Morgan fingerprint density at radius 3 is 2.27 bits per heavy atom. The Morgan fingerprint density at radius 2 is 1.63 bits per heavy atom. The van der Waals surface area contributed by atoms with Crippen LogP contribution in [0.4, 0.5) is 5.69 Å². The van der Waals surface area contributed by atoms with Gasteiger partial charge < -0.3 is 5.32 Å². The van der Waals surface area contributed by atoms with Crippen LogP contribution in [0.3, 0.4) is 0 Å². The van der Waals surface area contributed by atoms with E-state index in [0.29, 0.717) is 10.7 Å². The second kappa shape index (κ2) is 7.95. The molecule has 0 spiro atoms. The first-order valence-corrected chi connectivity index (χ1v) is 11.0. The van der Waals surface area contributed by atoms with Gasteiger partial charge in [0, 0.05) is 28.9 Å². The van der Waals surface area contributed by atoms with E-state index in [1.165, 1.54) is 12.1 Å². The highest BCUT2D eigenvalue weighted by Crippen LogP contribution is 2.30. The highest BCUT2D eigenvalue weighted by Gasteiger charge is 2.15. The maximum absolute atomic E-state index is 11.6. The zero-order valence-electron chi connectivity index (χ0n) is 16.1. The summed E-state index contributed by atoms with van der Waals surface area (Å²) in [6.07, 6.45) is 0. The summed E-state index contributed by atoms with van der Waals surface area (Å²) in [6, 6.07) is 23.7. The summed E-state index contributed by atoms with van der Waals surface area (Å²) in [7, 11) is -1.90. The summed E-state index contributed by atoms with van der Waals surface area (Å²) in [6.45, 7) is 0. The third-order valence-corrected chi connectivity index (χ3v) is 5.89. The van der Waals surface area contributed by atoms with Crippen LogP contribution in [0.1, 0.15) is 0 Å². The zero-order chi connectivity index (χ0) is 21.3. The second-order valence-electron chi connectivity index (χ2n) is 6.70. The number of primary sulfonamides is 1. The summed E-state index contributed by atoms with van der Waals surface area (Å²) in [5.41, 5.74) is 5.21. The molecule has 0 unspecified atom stereocenters. The number of nitrogens with two attached hydrogens (primary N) is 1. The normalized spacial score (nSPS) is 11.4. The molecule has 0 aliphatic carbocycles. The van der Waals surface area contributed by atoms with E-state index in [0.717, 1.165) is 28.2 Å². The number of hydrogen-bond donors (Lipinski definition) is 2. The molecule has 4 rings (SSSR count). The topological polar surface area (TPSA) is 90.0 Å². The molecule has 6 nitrogen and oxygen atoms in total. The molecule has 1 heterocycles. The van der Waals surface area contributed by atoms with Gasteiger partial charge in [-0.25, -0.2) is 18.2 Å². The van der Waals surface area contributed by atoms with E-state index in [1.807, 2.05) is 61.6 Å². The molecule has 0 amide bonds. The van der Waals surface area contributed by atoms with E-state index < -0.39 is 10.0 Å². The molecule has 30 heavy (non-hydrogen) atoms. The Labute approximate surface area is 180 Å². The van der Waals surface area contributed by atoms with Crippen LogP contribution in [0.25, 0.3) is 28.2 Å². The van der Waals surface area contributed by atoms with Crippen molar-refractivity contribution in [3.63, 3.8) is 0 Å². The second-order valence-corrected chi connectivity index (χ2v) is 8.70. The Morgan fingerprint density at radius 1 is 0.933 bits per heavy atom. The number of nitrogens with zero attached hydrogens (tertiary/aromatic N) is 2. The summed E-state index contributed by atoms with van der Waals surface area (Å²) in [5.74, 6) is 0. The first-order chi connectivity index (χ1) is 14.3. The number of anilines is 1. The molecule has 152 valence electrons. The van der Waals surface area contributed by atoms with Gasteiger partial charge in [0.1, 0.15) is 0 Å². The van der Waals surface area contributed by atoms with E-state index in [-0.39, 0.29) is 4.90 Å². The minimum atomic E-state index is -3.77. The molecule has 3 aromatic carbocycles. The molecular formula is C22H19ClN4O2S. The van der Waals surface area contributed by atoms with E-state index in [9.17, 15) is 8.42 Å². The van der Waals surface area contributed by atoms with Crippen LogP contribution >= 0.6 is 11.6 Å². The van der Waals surface area contributed by atoms with Crippen LogP contribution in [0, 0.1) is 0 Å². The van der Waals surface area contributed by atoms with E-state index in [1.54, 1.807) is 16.8 Å². The molecule has 3 N–H and O–H groups in total. The summed E-state index contributed by atoms with van der Waals surface area (Å²) in [5, 5.41) is 13.8. The van der Waals surface area contributed by atoms with Crippen LogP contribution in [0.15, 0.2) is 83.8 Å². The quantitative estimate of drug-likeness (QED) is 0.478. The average Bonchev–Trinajstić information content (AvgIpc) is 3.19. The predicted octanol–water partition coefficient (Wildman–Crippen LogP) is 4.55. The first-order valence-electron chi connectivity index (χ1n) is 9.12. The minimum Gasteiger partial charge on any atom is -0.388 e. The van der Waals surface area contributed by atoms with Crippen LogP contribution in [-0.2, 0) is 10.0 Å². The highest BCUT2D eigenvalue weighted by molar-refractivity contribution is 7.89. The van der Waals surface area contributed by atoms with Gasteiger partial charge in [-0.05, 0) is 54.6 Å². The Hall–Kier alpha value is -3.13. The fraction of sp³-hybridized carbons (Fsp3) is 0.0455. The Kier molecular flexibility index (Phi) is 5.34. The van der Waals surface area contributed by atoms with E-state index >= 15 is 0 Å². The lowest BCUT2D eigenvalue weighted by Crippen LogP contribution is -2.12. The third-order valence-electron chi connectivity index (χ3n) is 4.71. The van der Waals surface area contributed by atoms with Crippen LogP contribution < -0.4 is 10.5 Å². The van der Waals surface area contributed by atoms with Gasteiger partial charge in [-0.2, -0.15) is 5.10 Å². The lowest BCUT2D eigenvalue weighted by Gasteiger charge is -2.08. The lowest BCUT2D eigenvalue weighted by molar-refractivity contribution is 0.598. The smallest absolute Gasteiger partial charge is 0.238 e. The number of halogens is 1. The zero-order valence-corrected chi connectivity index (χ0v) is 17.7. The van der Waals surface area contributed by atoms with Gasteiger partial charge in [0.05, 0.1) is 22.0 Å². The van der Waals surface area contributed by atoms with Crippen molar-refractivity contribution in [1.29, 1.82) is 0 Å². The minimum absolute atomic E-state index is 0.0494. The fourth-order valence-electron chi connectivity index (χ4n) is 3.16. The van der Waals surface area contributed by atoms with Crippen molar-refractivity contribution in [2.24, 2.45) is 5.14 Å². The highest BCUT2D eigenvalue weighted by atomic mass is 35.5. The van der Waals surface area contributed by atoms with Crippen molar-refractivity contribution in [2.45, 2.75) is 4.90 Å². The number of nitrogens with one attached hydrogen (secondary N) is 1. The molecule has 0 bridgehead atoms. The summed E-state index contributed by atoms with van der Waals surface area (Å²) < 4.78 is 25.0. The molecule has 0 saturated heterocycles. The first kappa shape index (κ1) is 20.2. The van der Waals surface area contributed by atoms with Crippen molar-refractivity contribution < 1.29 is 8.42 Å². The number of rotatable bonds is 5. The molecule has 0 fully saturated rings. The molecular weight excluding hydrogens is 420 g/mol. The van der Waals surface area contributed by atoms with Gasteiger partial charge in [0.15, 0.2) is 0 Å². The number of benzene rings is 3. The molecule has 8 heteroatoms. The Balaban J connectivity index is 1.87. The summed E-state index contributed by atoms with van der Waals surface area (Å²) in [4.78, 5) is 0.0494. The van der Waals surface area contributed by atoms with Crippen molar-refractivity contribution in [1.82, 2.24) is 9.78 Å². The molecule has 4 aromatic rings. The van der Waals surface area contributed by atoms with Crippen molar-refractivity contribution in [2.75, 3.05) is 12.4 Å². The maximum atomic E-state index is 11.6. The lowest BCUT2D eigenvalue weighted by atomic mass is 10.1. The van der Waals surface area contributed by atoms with Gasteiger partial charge in [-0.1, -0.05) is 35.9 Å². The molecule has 0 radical (unpaired) electrons. The van der Waals surface area contributed by atoms with Gasteiger partial charge in [0.2, 0.25) is 10.0 Å². The van der Waals surface area contributed by atoms with E-state index in [4.69, 9.17) is 21.8 Å². The number of hydrogen-bond acceptors (Lipinski definition) is 4. The number of aromatic nitrogens is 2. The molecule has 0 aliphatic rings. The summed E-state index contributed by atoms with van der Waals surface area (Å²) >= 11 is 6.05. The van der Waals surface area contributed by atoms with Crippen LogP contribution in [-0.4, -0.2) is 25.2 Å². The fourth-order valence-corrected chi connectivity index (χ4v) is 3.80. The van der Waals surface area contributed by atoms with Gasteiger partial charge in [-0.3, -0.25) is 0 Å². The molecule has 1 aromatic heterocycles. The number of sulfonamides is 1. The molecule has 0 atom stereocenters. The third kappa shape index (κ3) is 4.09. The van der Waals surface area contributed by atoms with Gasteiger partial charge in [-0.15, -0.1) is 0 Å². The van der Waals surface area contributed by atoms with Gasteiger partial charge >= 0.3 is 0 Å². The standard InChI is InChI=1S/C22H19ClN4O2S/c1-25-18-4-2-3-16(13-18)21-14-22(15-5-7-17(23)8-6-15)27(26-21)19-9-11-20(12-10-19)30(24,28)29/h2-14,25H,1H3,(H2,24,28,29). The van der Waals surface area contributed by atoms with Crippen molar-refractivity contribution >= 4 is 27.3 Å². The average molecular weight is 439 g/mol. The van der Waals surface area contributed by atoms with Gasteiger partial charge in [0.25, 0.3) is 0 Å².